The number of alkyl halides is 3. The first-order valence-corrected chi connectivity index (χ1v) is 5.89. The second-order valence-electron chi connectivity index (χ2n) is 4.69. The summed E-state index contributed by atoms with van der Waals surface area (Å²) in [4.78, 5) is 12.9. The van der Waals surface area contributed by atoms with Crippen LogP contribution in [0.3, 0.4) is 0 Å². The van der Waals surface area contributed by atoms with Crippen molar-refractivity contribution < 1.29 is 27.8 Å². The van der Waals surface area contributed by atoms with Crippen LogP contribution >= 0.6 is 0 Å². The molecule has 7 heteroatoms. The Balaban J connectivity index is 2.41. The fourth-order valence-corrected chi connectivity index (χ4v) is 2.14. The van der Waals surface area contributed by atoms with Gasteiger partial charge >= 0.3 is 12.1 Å². The van der Waals surface area contributed by atoms with Gasteiger partial charge in [-0.3, -0.25) is 9.69 Å². The van der Waals surface area contributed by atoms with Gasteiger partial charge in [-0.1, -0.05) is 0 Å². The minimum absolute atomic E-state index is 0.109. The highest BCUT2D eigenvalue weighted by atomic mass is 19.4. The first kappa shape index (κ1) is 15.2. The molecule has 0 aromatic carbocycles. The Morgan fingerprint density at radius 2 is 2.11 bits per heavy atom. The number of likely N-dealkylation sites (tertiary alicyclic amines) is 1. The maximum absolute atomic E-state index is 11.9. The monoisotopic (exact) mass is 269 g/mol. The van der Waals surface area contributed by atoms with Crippen LogP contribution in [0.1, 0.15) is 26.2 Å². The molecule has 0 spiro atoms. The summed E-state index contributed by atoms with van der Waals surface area (Å²) in [5, 5.41) is 9.19. The smallest absolute Gasteiger partial charge is 0.411 e. The Morgan fingerprint density at radius 3 is 2.67 bits per heavy atom. The second-order valence-corrected chi connectivity index (χ2v) is 4.69. The number of carboxylic acids is 1. The number of nitrogens with zero attached hydrogens (tertiary/aromatic N) is 1. The summed E-state index contributed by atoms with van der Waals surface area (Å²) in [6.07, 6.45) is -2.13. The zero-order valence-electron chi connectivity index (χ0n) is 10.3. The topological polar surface area (TPSA) is 49.8 Å². The van der Waals surface area contributed by atoms with E-state index < -0.39 is 24.3 Å². The fourth-order valence-electron chi connectivity index (χ4n) is 2.14. The molecule has 18 heavy (non-hydrogen) atoms. The van der Waals surface area contributed by atoms with Crippen LogP contribution in [-0.2, 0) is 9.53 Å². The van der Waals surface area contributed by atoms with Gasteiger partial charge in [-0.05, 0) is 32.7 Å². The summed E-state index contributed by atoms with van der Waals surface area (Å²) >= 11 is 0. The van der Waals surface area contributed by atoms with E-state index in [1.807, 2.05) is 0 Å². The van der Waals surface area contributed by atoms with Gasteiger partial charge in [-0.25, -0.2) is 0 Å². The summed E-state index contributed by atoms with van der Waals surface area (Å²) in [7, 11) is 0. The van der Waals surface area contributed by atoms with E-state index in [9.17, 15) is 23.1 Å². The van der Waals surface area contributed by atoms with Gasteiger partial charge in [0, 0.05) is 6.54 Å². The van der Waals surface area contributed by atoms with Gasteiger partial charge in [0.2, 0.25) is 0 Å². The predicted molar refractivity (Wildman–Crippen MR) is 58.3 cm³/mol. The van der Waals surface area contributed by atoms with Gasteiger partial charge in [0.25, 0.3) is 0 Å². The number of rotatable bonds is 5. The molecule has 1 fully saturated rings. The molecule has 0 radical (unpaired) electrons. The van der Waals surface area contributed by atoms with Crippen molar-refractivity contribution in [3.05, 3.63) is 0 Å². The Bertz CT molecular complexity index is 296. The zero-order chi connectivity index (χ0) is 13.8. The average Bonchev–Trinajstić information content (AvgIpc) is 2.25. The van der Waals surface area contributed by atoms with E-state index >= 15 is 0 Å². The quantitative estimate of drug-likeness (QED) is 0.774. The average molecular weight is 269 g/mol. The van der Waals surface area contributed by atoms with Crippen LogP contribution in [0.5, 0.6) is 0 Å². The van der Waals surface area contributed by atoms with Gasteiger partial charge in [-0.15, -0.1) is 0 Å². The number of halogens is 3. The molecule has 1 N–H and O–H groups in total. The van der Waals surface area contributed by atoms with E-state index in [4.69, 9.17) is 0 Å². The summed E-state index contributed by atoms with van der Waals surface area (Å²) in [6.45, 7) is 1.00. The van der Waals surface area contributed by atoms with E-state index in [0.717, 1.165) is 12.8 Å². The first-order valence-electron chi connectivity index (χ1n) is 5.89. The molecule has 106 valence electrons. The molecule has 1 rings (SSSR count). The molecular weight excluding hydrogens is 251 g/mol. The van der Waals surface area contributed by atoms with E-state index in [2.05, 4.69) is 4.74 Å². The van der Waals surface area contributed by atoms with Crippen molar-refractivity contribution in [2.45, 2.75) is 37.9 Å². The molecule has 0 aromatic rings. The van der Waals surface area contributed by atoms with Gasteiger partial charge in [-0.2, -0.15) is 13.2 Å². The lowest BCUT2D eigenvalue weighted by atomic mass is 9.88. The highest BCUT2D eigenvalue weighted by molar-refractivity contribution is 5.78. The second kappa shape index (κ2) is 5.88. The van der Waals surface area contributed by atoms with E-state index in [0.29, 0.717) is 13.0 Å². The Kier molecular flexibility index (Phi) is 4.98. The molecule has 1 unspecified atom stereocenters. The number of ether oxygens (including phenoxy) is 1. The fraction of sp³-hybridized carbons (Fsp3) is 0.909. The molecule has 0 bridgehead atoms. The zero-order valence-corrected chi connectivity index (χ0v) is 10.3. The normalized spacial score (nSPS) is 26.2. The molecule has 0 amide bonds. The van der Waals surface area contributed by atoms with Crippen molar-refractivity contribution >= 4 is 5.97 Å². The molecule has 4 nitrogen and oxygen atoms in total. The van der Waals surface area contributed by atoms with E-state index in [1.54, 1.807) is 11.8 Å². The molecule has 1 saturated heterocycles. The van der Waals surface area contributed by atoms with Gasteiger partial charge in [0.1, 0.15) is 12.1 Å². The maximum Gasteiger partial charge on any atom is 0.411 e. The Morgan fingerprint density at radius 1 is 1.44 bits per heavy atom. The number of hydrogen-bond donors (Lipinski definition) is 1. The number of aliphatic carboxylic acids is 1. The summed E-state index contributed by atoms with van der Waals surface area (Å²) in [5.41, 5.74) is -0.986. The Labute approximate surface area is 104 Å². The minimum atomic E-state index is -4.34. The Hall–Kier alpha value is -0.820. The lowest BCUT2D eigenvalue weighted by Gasteiger charge is -2.41. The summed E-state index contributed by atoms with van der Waals surface area (Å²) in [5.74, 6) is -0.932. The van der Waals surface area contributed by atoms with Crippen LogP contribution in [0, 0.1) is 0 Å². The predicted octanol–water partition coefficient (Wildman–Crippen LogP) is 1.89. The van der Waals surface area contributed by atoms with Crippen molar-refractivity contribution in [1.82, 2.24) is 4.90 Å². The third kappa shape index (κ3) is 4.13. The largest absolute Gasteiger partial charge is 0.480 e. The van der Waals surface area contributed by atoms with Crippen LogP contribution in [0.25, 0.3) is 0 Å². The van der Waals surface area contributed by atoms with Crippen molar-refractivity contribution in [3.63, 3.8) is 0 Å². The van der Waals surface area contributed by atoms with E-state index in [-0.39, 0.29) is 13.2 Å². The van der Waals surface area contributed by atoms with Crippen LogP contribution in [-0.4, -0.2) is 54.0 Å². The number of piperidine rings is 1. The molecular formula is C11H18F3NO3. The molecule has 0 saturated carbocycles. The van der Waals surface area contributed by atoms with Gasteiger partial charge in [0.05, 0.1) is 6.61 Å². The standard InChI is InChI=1S/C11H18F3NO3/c1-10(9(16)17)4-2-3-5-15(10)6-7-18-8-11(12,13)14/h2-8H2,1H3,(H,16,17). The van der Waals surface area contributed by atoms with Crippen LogP contribution in [0.2, 0.25) is 0 Å². The highest BCUT2D eigenvalue weighted by Crippen LogP contribution is 2.27. The summed E-state index contributed by atoms with van der Waals surface area (Å²) in [6, 6.07) is 0. The molecule has 0 aliphatic carbocycles. The van der Waals surface area contributed by atoms with Crippen molar-refractivity contribution in [3.8, 4) is 0 Å². The third-order valence-corrected chi connectivity index (χ3v) is 3.27. The van der Waals surface area contributed by atoms with Crippen LogP contribution in [0.15, 0.2) is 0 Å². The molecule has 1 heterocycles. The third-order valence-electron chi connectivity index (χ3n) is 3.27. The lowest BCUT2D eigenvalue weighted by molar-refractivity contribution is -0.177. The van der Waals surface area contributed by atoms with Gasteiger partial charge in [0.15, 0.2) is 0 Å². The lowest BCUT2D eigenvalue weighted by Crippen LogP contribution is -2.56. The maximum atomic E-state index is 11.9. The molecule has 1 aliphatic heterocycles. The van der Waals surface area contributed by atoms with Crippen LogP contribution < -0.4 is 0 Å². The van der Waals surface area contributed by atoms with Crippen molar-refractivity contribution in [2.24, 2.45) is 0 Å². The summed E-state index contributed by atoms with van der Waals surface area (Å²) < 4.78 is 40.1. The number of hydrogen-bond acceptors (Lipinski definition) is 3. The molecule has 1 aliphatic rings. The highest BCUT2D eigenvalue weighted by Gasteiger charge is 2.41. The molecule has 1 atom stereocenters. The van der Waals surface area contributed by atoms with Crippen molar-refractivity contribution in [2.75, 3.05) is 26.3 Å². The van der Waals surface area contributed by atoms with E-state index in [1.165, 1.54) is 0 Å². The van der Waals surface area contributed by atoms with Gasteiger partial charge < -0.3 is 9.84 Å². The first-order chi connectivity index (χ1) is 8.26. The van der Waals surface area contributed by atoms with Crippen molar-refractivity contribution in [1.29, 1.82) is 0 Å². The molecule has 0 aromatic heterocycles. The van der Waals surface area contributed by atoms with Crippen LogP contribution in [0.4, 0.5) is 13.2 Å². The number of carboxylic acid groups (broad SMARTS) is 1. The minimum Gasteiger partial charge on any atom is -0.480 e. The number of carbonyl (C=O) groups is 1. The SMILES string of the molecule is CC1(C(=O)O)CCCCN1CCOCC(F)(F)F.